The van der Waals surface area contributed by atoms with Crippen LogP contribution in [0.15, 0.2) is 0 Å². The number of amides is 2. The van der Waals surface area contributed by atoms with Crippen LogP contribution < -0.4 is 10.6 Å². The standard InChI is InChI=1S/C12H22N2O3/c1-8(9-5-4-6-9)13-11(17)14-12(2,3)7-10(15)16/h8-9H,4-7H2,1-3H3,(H,15,16)(H2,13,14,17). The average molecular weight is 242 g/mol. The summed E-state index contributed by atoms with van der Waals surface area (Å²) in [6.07, 6.45) is 3.49. The molecule has 98 valence electrons. The summed E-state index contributed by atoms with van der Waals surface area (Å²) in [4.78, 5) is 22.3. The minimum atomic E-state index is -0.914. The fourth-order valence-electron chi connectivity index (χ4n) is 2.03. The molecule has 0 spiro atoms. The molecule has 0 bridgehead atoms. The van der Waals surface area contributed by atoms with Gasteiger partial charge in [0, 0.05) is 11.6 Å². The summed E-state index contributed by atoms with van der Waals surface area (Å²) in [6, 6.07) is -0.125. The van der Waals surface area contributed by atoms with Gasteiger partial charge in [-0.05, 0) is 39.5 Å². The normalized spacial score (nSPS) is 18.1. The summed E-state index contributed by atoms with van der Waals surface area (Å²) in [7, 11) is 0. The van der Waals surface area contributed by atoms with Crippen molar-refractivity contribution in [1.29, 1.82) is 0 Å². The van der Waals surface area contributed by atoms with Gasteiger partial charge in [0.2, 0.25) is 0 Å². The monoisotopic (exact) mass is 242 g/mol. The Bertz CT molecular complexity index is 298. The highest BCUT2D eigenvalue weighted by molar-refractivity contribution is 5.76. The summed E-state index contributed by atoms with van der Waals surface area (Å²) in [6.45, 7) is 5.40. The van der Waals surface area contributed by atoms with Crippen molar-refractivity contribution in [2.75, 3.05) is 0 Å². The highest BCUT2D eigenvalue weighted by atomic mass is 16.4. The van der Waals surface area contributed by atoms with Crippen LogP contribution in [0.5, 0.6) is 0 Å². The largest absolute Gasteiger partial charge is 0.481 e. The molecule has 5 nitrogen and oxygen atoms in total. The molecular formula is C12H22N2O3. The molecule has 0 aromatic heterocycles. The van der Waals surface area contributed by atoms with Crippen LogP contribution in [-0.4, -0.2) is 28.7 Å². The molecule has 0 heterocycles. The van der Waals surface area contributed by atoms with Gasteiger partial charge in [-0.2, -0.15) is 0 Å². The van der Waals surface area contributed by atoms with Crippen molar-refractivity contribution in [3.05, 3.63) is 0 Å². The second-order valence-electron chi connectivity index (χ2n) is 5.53. The molecular weight excluding hydrogens is 220 g/mol. The lowest BCUT2D eigenvalue weighted by Gasteiger charge is -2.33. The molecule has 5 heteroatoms. The average Bonchev–Trinajstić information content (AvgIpc) is 1.93. The van der Waals surface area contributed by atoms with Crippen LogP contribution in [0.3, 0.4) is 0 Å². The van der Waals surface area contributed by atoms with Crippen LogP contribution in [0.25, 0.3) is 0 Å². The molecule has 1 saturated carbocycles. The van der Waals surface area contributed by atoms with E-state index in [2.05, 4.69) is 10.6 Å². The van der Waals surface area contributed by atoms with Crippen LogP contribution in [0.1, 0.15) is 46.5 Å². The Morgan fingerprint density at radius 1 is 1.41 bits per heavy atom. The Labute approximate surface area is 102 Å². The predicted octanol–water partition coefficient (Wildman–Crippen LogP) is 1.73. The molecule has 2 amide bonds. The summed E-state index contributed by atoms with van der Waals surface area (Å²) in [5.41, 5.74) is -0.727. The van der Waals surface area contributed by atoms with E-state index in [0.29, 0.717) is 5.92 Å². The Morgan fingerprint density at radius 2 is 2.00 bits per heavy atom. The molecule has 0 saturated heterocycles. The number of urea groups is 1. The zero-order chi connectivity index (χ0) is 13.1. The zero-order valence-corrected chi connectivity index (χ0v) is 10.7. The van der Waals surface area contributed by atoms with Crippen LogP contribution in [0.2, 0.25) is 0 Å². The van der Waals surface area contributed by atoms with Gasteiger partial charge in [0.15, 0.2) is 0 Å². The van der Waals surface area contributed by atoms with Crippen LogP contribution >= 0.6 is 0 Å². The van der Waals surface area contributed by atoms with Crippen molar-refractivity contribution >= 4 is 12.0 Å². The van der Waals surface area contributed by atoms with E-state index in [9.17, 15) is 9.59 Å². The maximum absolute atomic E-state index is 11.7. The molecule has 1 fully saturated rings. The van der Waals surface area contributed by atoms with Gasteiger partial charge in [-0.1, -0.05) is 6.42 Å². The van der Waals surface area contributed by atoms with Gasteiger partial charge in [0.05, 0.1) is 6.42 Å². The van der Waals surface area contributed by atoms with Gasteiger partial charge < -0.3 is 15.7 Å². The number of hydrogen-bond acceptors (Lipinski definition) is 2. The number of hydrogen-bond donors (Lipinski definition) is 3. The van der Waals surface area contributed by atoms with Crippen molar-refractivity contribution < 1.29 is 14.7 Å². The summed E-state index contributed by atoms with van der Waals surface area (Å²) in [5, 5.41) is 14.3. The third-order valence-electron chi connectivity index (χ3n) is 3.26. The Hall–Kier alpha value is -1.26. The molecule has 17 heavy (non-hydrogen) atoms. The molecule has 1 aliphatic carbocycles. The second kappa shape index (κ2) is 5.38. The summed E-state index contributed by atoms with van der Waals surface area (Å²) in [5.74, 6) is -0.342. The maximum Gasteiger partial charge on any atom is 0.315 e. The second-order valence-corrected chi connectivity index (χ2v) is 5.53. The highest BCUT2D eigenvalue weighted by Crippen LogP contribution is 2.29. The van der Waals surface area contributed by atoms with Crippen LogP contribution in [-0.2, 0) is 4.79 Å². The first-order valence-electron chi connectivity index (χ1n) is 6.10. The molecule has 3 N–H and O–H groups in total. The Morgan fingerprint density at radius 3 is 2.41 bits per heavy atom. The third-order valence-corrected chi connectivity index (χ3v) is 3.26. The molecule has 0 aromatic rings. The van der Waals surface area contributed by atoms with Crippen LogP contribution in [0.4, 0.5) is 4.79 Å². The third kappa shape index (κ3) is 4.63. The molecule has 1 atom stereocenters. The van der Waals surface area contributed by atoms with E-state index in [1.165, 1.54) is 19.3 Å². The van der Waals surface area contributed by atoms with E-state index >= 15 is 0 Å². The van der Waals surface area contributed by atoms with E-state index in [1.807, 2.05) is 6.92 Å². The lowest BCUT2D eigenvalue weighted by Crippen LogP contribution is -2.53. The molecule has 1 unspecified atom stereocenters. The van der Waals surface area contributed by atoms with Crippen molar-refractivity contribution in [3.63, 3.8) is 0 Å². The zero-order valence-electron chi connectivity index (χ0n) is 10.7. The van der Waals surface area contributed by atoms with Gasteiger partial charge >= 0.3 is 12.0 Å². The summed E-state index contributed by atoms with van der Waals surface area (Å²) >= 11 is 0. The van der Waals surface area contributed by atoms with Gasteiger partial charge in [-0.3, -0.25) is 4.79 Å². The van der Waals surface area contributed by atoms with E-state index < -0.39 is 11.5 Å². The lowest BCUT2D eigenvalue weighted by atomic mass is 9.80. The van der Waals surface area contributed by atoms with Gasteiger partial charge in [0.25, 0.3) is 0 Å². The van der Waals surface area contributed by atoms with E-state index in [-0.39, 0.29) is 18.5 Å². The Kier molecular flexibility index (Phi) is 4.37. The number of carbonyl (C=O) groups excluding carboxylic acids is 1. The van der Waals surface area contributed by atoms with Crippen molar-refractivity contribution in [3.8, 4) is 0 Å². The van der Waals surface area contributed by atoms with Crippen molar-refractivity contribution in [1.82, 2.24) is 10.6 Å². The number of carboxylic acid groups (broad SMARTS) is 1. The molecule has 0 radical (unpaired) electrons. The first-order chi connectivity index (χ1) is 7.80. The molecule has 0 aromatic carbocycles. The quantitative estimate of drug-likeness (QED) is 0.687. The molecule has 0 aliphatic heterocycles. The first kappa shape index (κ1) is 13.8. The fraction of sp³-hybridized carbons (Fsp3) is 0.833. The first-order valence-corrected chi connectivity index (χ1v) is 6.10. The van der Waals surface area contributed by atoms with Crippen molar-refractivity contribution in [2.45, 2.75) is 58.0 Å². The van der Waals surface area contributed by atoms with Gasteiger partial charge in [-0.25, -0.2) is 4.79 Å². The number of carbonyl (C=O) groups is 2. The van der Waals surface area contributed by atoms with Gasteiger partial charge in [0.1, 0.15) is 0 Å². The fourth-order valence-corrected chi connectivity index (χ4v) is 2.03. The number of rotatable bonds is 5. The topological polar surface area (TPSA) is 78.4 Å². The number of nitrogens with one attached hydrogen (secondary N) is 2. The van der Waals surface area contributed by atoms with E-state index in [1.54, 1.807) is 13.8 Å². The Balaban J connectivity index is 2.34. The van der Waals surface area contributed by atoms with Gasteiger partial charge in [-0.15, -0.1) is 0 Å². The number of aliphatic carboxylic acids is 1. The van der Waals surface area contributed by atoms with Crippen molar-refractivity contribution in [2.24, 2.45) is 5.92 Å². The minimum Gasteiger partial charge on any atom is -0.481 e. The maximum atomic E-state index is 11.7. The minimum absolute atomic E-state index is 0.0851. The molecule has 1 aliphatic rings. The lowest BCUT2D eigenvalue weighted by molar-refractivity contribution is -0.138. The predicted molar refractivity (Wildman–Crippen MR) is 64.8 cm³/mol. The molecule has 1 rings (SSSR count). The van der Waals surface area contributed by atoms with Crippen LogP contribution in [0, 0.1) is 5.92 Å². The van der Waals surface area contributed by atoms with E-state index in [4.69, 9.17) is 5.11 Å². The SMILES string of the molecule is CC(NC(=O)NC(C)(C)CC(=O)O)C1CCC1. The highest BCUT2D eigenvalue weighted by Gasteiger charge is 2.28. The summed E-state index contributed by atoms with van der Waals surface area (Å²) < 4.78 is 0. The smallest absolute Gasteiger partial charge is 0.315 e. The number of carboxylic acids is 1. The van der Waals surface area contributed by atoms with E-state index in [0.717, 1.165) is 0 Å².